The van der Waals surface area contributed by atoms with Gasteiger partial charge in [0.05, 0.1) is 30.8 Å². The smallest absolute Gasteiger partial charge is 0.338 e. The van der Waals surface area contributed by atoms with Gasteiger partial charge >= 0.3 is 5.97 Å². The van der Waals surface area contributed by atoms with Gasteiger partial charge in [-0.05, 0) is 24.4 Å². The summed E-state index contributed by atoms with van der Waals surface area (Å²) >= 11 is 1.40. The Hall–Kier alpha value is -2.65. The molecule has 1 unspecified atom stereocenters. The molecule has 1 amide bonds. The number of hydrogen-bond donors (Lipinski definition) is 0. The Kier molecular flexibility index (Phi) is 7.19. The third-order valence-corrected chi connectivity index (χ3v) is 7.22. The lowest BCUT2D eigenvalue weighted by atomic mass is 9.92. The van der Waals surface area contributed by atoms with Gasteiger partial charge in [0.1, 0.15) is 5.82 Å². The zero-order chi connectivity index (χ0) is 23.5. The van der Waals surface area contributed by atoms with Crippen molar-refractivity contribution in [2.75, 3.05) is 39.8 Å². The van der Waals surface area contributed by atoms with Gasteiger partial charge in [-0.1, -0.05) is 43.8 Å². The van der Waals surface area contributed by atoms with Crippen LogP contribution < -0.4 is 0 Å². The number of rotatable bonds is 6. The molecule has 33 heavy (non-hydrogen) atoms. The number of amides is 1. The van der Waals surface area contributed by atoms with Crippen molar-refractivity contribution in [2.24, 2.45) is 4.99 Å². The Labute approximate surface area is 198 Å². The van der Waals surface area contributed by atoms with Crippen LogP contribution in [0.15, 0.2) is 51.6 Å². The minimum atomic E-state index is -0.743. The summed E-state index contributed by atoms with van der Waals surface area (Å²) in [5.74, 6) is -0.934. The summed E-state index contributed by atoms with van der Waals surface area (Å²) in [5.41, 5.74) is 1.96. The molecule has 1 atom stereocenters. The van der Waals surface area contributed by atoms with Crippen LogP contribution in [0.3, 0.4) is 0 Å². The molecular formula is C24H29FN4O3S. The number of allylic oxidation sites excluding steroid dienone is 1. The molecule has 4 rings (SSSR count). The number of esters is 1. The molecule has 1 fully saturated rings. The van der Waals surface area contributed by atoms with Crippen molar-refractivity contribution in [1.29, 1.82) is 0 Å². The normalized spacial score (nSPS) is 21.0. The Morgan fingerprint density at radius 3 is 2.55 bits per heavy atom. The molecule has 1 aromatic carbocycles. The predicted octanol–water partition coefficient (Wildman–Crippen LogP) is 3.52. The number of fused-ring (bicyclic) bond motifs is 1. The highest BCUT2D eigenvalue weighted by Crippen LogP contribution is 2.46. The van der Waals surface area contributed by atoms with E-state index in [1.165, 1.54) is 24.9 Å². The van der Waals surface area contributed by atoms with Crippen molar-refractivity contribution in [3.8, 4) is 0 Å². The number of halogens is 1. The van der Waals surface area contributed by atoms with Crippen molar-refractivity contribution < 1.29 is 18.7 Å². The second-order valence-corrected chi connectivity index (χ2v) is 8.95. The zero-order valence-electron chi connectivity index (χ0n) is 19.2. The van der Waals surface area contributed by atoms with Gasteiger partial charge in [-0.3, -0.25) is 4.79 Å². The van der Waals surface area contributed by atoms with Crippen LogP contribution in [0.1, 0.15) is 38.3 Å². The fourth-order valence-corrected chi connectivity index (χ4v) is 5.42. The van der Waals surface area contributed by atoms with Crippen LogP contribution in [0.2, 0.25) is 0 Å². The van der Waals surface area contributed by atoms with Gasteiger partial charge in [0.2, 0.25) is 5.91 Å². The van der Waals surface area contributed by atoms with Crippen molar-refractivity contribution in [1.82, 2.24) is 14.7 Å². The molecule has 0 saturated carbocycles. The summed E-state index contributed by atoms with van der Waals surface area (Å²) in [5, 5.41) is 2.53. The molecule has 0 bridgehead atoms. The van der Waals surface area contributed by atoms with Gasteiger partial charge in [0.25, 0.3) is 0 Å². The number of carbonyl (C=O) groups excluding carboxylic acids is 2. The van der Waals surface area contributed by atoms with Crippen LogP contribution >= 0.6 is 11.8 Å². The van der Waals surface area contributed by atoms with Crippen LogP contribution in [-0.4, -0.2) is 71.6 Å². The second kappa shape index (κ2) is 10.1. The largest absolute Gasteiger partial charge is 0.466 e. The lowest BCUT2D eigenvalue weighted by Gasteiger charge is -2.38. The molecule has 3 aliphatic heterocycles. The predicted molar refractivity (Wildman–Crippen MR) is 127 cm³/mol. The Balaban J connectivity index is 1.67. The molecule has 0 aromatic heterocycles. The van der Waals surface area contributed by atoms with Gasteiger partial charge < -0.3 is 19.4 Å². The van der Waals surface area contributed by atoms with E-state index >= 15 is 4.39 Å². The van der Waals surface area contributed by atoms with E-state index in [1.54, 1.807) is 18.2 Å². The molecule has 176 valence electrons. The highest BCUT2D eigenvalue weighted by atomic mass is 32.2. The summed E-state index contributed by atoms with van der Waals surface area (Å²) in [6.07, 6.45) is 0.669. The number of thioether (sulfide) groups is 1. The quantitative estimate of drug-likeness (QED) is 0.591. The summed E-state index contributed by atoms with van der Waals surface area (Å²) in [6, 6.07) is 5.67. The Bertz CT molecular complexity index is 1030. The number of methoxy groups -OCH3 is 1. The molecule has 1 saturated heterocycles. The van der Waals surface area contributed by atoms with Gasteiger partial charge in [0, 0.05) is 37.4 Å². The highest BCUT2D eigenvalue weighted by Gasteiger charge is 2.42. The van der Waals surface area contributed by atoms with Crippen LogP contribution in [0, 0.1) is 5.82 Å². The van der Waals surface area contributed by atoms with Gasteiger partial charge in [0.15, 0.2) is 5.17 Å². The molecule has 0 radical (unpaired) electrons. The summed E-state index contributed by atoms with van der Waals surface area (Å²) in [7, 11) is 1.31. The first-order valence-electron chi connectivity index (χ1n) is 11.3. The second-order valence-electron chi connectivity index (χ2n) is 8.11. The highest BCUT2D eigenvalue weighted by molar-refractivity contribution is 8.16. The number of likely N-dealkylation sites (N-methyl/N-ethyl adjacent to an activating group) is 1. The van der Waals surface area contributed by atoms with E-state index in [1.807, 2.05) is 22.1 Å². The number of piperazine rings is 1. The summed E-state index contributed by atoms with van der Waals surface area (Å²) in [6.45, 7) is 8.11. The molecule has 0 N–H and O–H groups in total. The maximum Gasteiger partial charge on any atom is 0.338 e. The monoisotopic (exact) mass is 472 g/mol. The van der Waals surface area contributed by atoms with E-state index in [0.717, 1.165) is 19.6 Å². The first-order chi connectivity index (χ1) is 16.0. The SMILES string of the molecule is CCC1=C(C(=O)OC)C(c2ccccc2F)N2C(CC(=O)N3CCN(CC)CC3)=CSC2=N1. The summed E-state index contributed by atoms with van der Waals surface area (Å²) < 4.78 is 20.1. The van der Waals surface area contributed by atoms with Gasteiger partial charge in [-0.15, -0.1) is 0 Å². The minimum Gasteiger partial charge on any atom is -0.466 e. The molecule has 7 nitrogen and oxygen atoms in total. The Morgan fingerprint density at radius 1 is 1.18 bits per heavy atom. The molecule has 0 aliphatic carbocycles. The van der Waals surface area contributed by atoms with E-state index in [4.69, 9.17) is 4.74 Å². The number of ether oxygens (including phenoxy) is 1. The number of carbonyl (C=O) groups is 2. The fraction of sp³-hybridized carbons (Fsp3) is 0.458. The van der Waals surface area contributed by atoms with E-state index in [0.29, 0.717) is 47.2 Å². The van der Waals surface area contributed by atoms with E-state index < -0.39 is 17.8 Å². The average molecular weight is 473 g/mol. The van der Waals surface area contributed by atoms with E-state index in [9.17, 15) is 9.59 Å². The van der Waals surface area contributed by atoms with Crippen molar-refractivity contribution >= 4 is 28.8 Å². The molecule has 0 spiro atoms. The van der Waals surface area contributed by atoms with Crippen molar-refractivity contribution in [2.45, 2.75) is 32.7 Å². The zero-order valence-corrected chi connectivity index (χ0v) is 20.0. The number of nitrogens with zero attached hydrogens (tertiary/aromatic N) is 4. The number of aliphatic imine (C=N–C) groups is 1. The fourth-order valence-electron chi connectivity index (χ4n) is 4.48. The van der Waals surface area contributed by atoms with Gasteiger partial charge in [-0.2, -0.15) is 0 Å². The molecular weight excluding hydrogens is 443 g/mol. The molecule has 1 aromatic rings. The molecule has 9 heteroatoms. The van der Waals surface area contributed by atoms with Crippen molar-refractivity contribution in [3.05, 3.63) is 58.0 Å². The lowest BCUT2D eigenvalue weighted by Crippen LogP contribution is -2.49. The van der Waals surface area contributed by atoms with Crippen LogP contribution in [-0.2, 0) is 14.3 Å². The number of benzene rings is 1. The third kappa shape index (κ3) is 4.56. The third-order valence-electron chi connectivity index (χ3n) is 6.33. The number of hydrogen-bond acceptors (Lipinski definition) is 7. The van der Waals surface area contributed by atoms with Crippen LogP contribution in [0.5, 0.6) is 0 Å². The minimum absolute atomic E-state index is 0.0241. The first kappa shape index (κ1) is 23.5. The first-order valence-corrected chi connectivity index (χ1v) is 12.2. The average Bonchev–Trinajstić information content (AvgIpc) is 3.25. The molecule has 3 heterocycles. The van der Waals surface area contributed by atoms with Crippen LogP contribution in [0.25, 0.3) is 0 Å². The summed E-state index contributed by atoms with van der Waals surface area (Å²) in [4.78, 5) is 36.7. The maximum absolute atomic E-state index is 15.0. The Morgan fingerprint density at radius 2 is 1.91 bits per heavy atom. The van der Waals surface area contributed by atoms with Crippen molar-refractivity contribution in [3.63, 3.8) is 0 Å². The molecule has 3 aliphatic rings. The topological polar surface area (TPSA) is 65.5 Å². The number of amidine groups is 1. The standard InChI is InChI=1S/C24H29FN4O3S/c1-4-19-21(23(31)32-3)22(17-8-6-7-9-18(17)25)29-16(15-33-24(29)26-19)14-20(30)28-12-10-27(5-2)11-13-28/h6-9,15,22H,4-5,10-14H2,1-3H3. The lowest BCUT2D eigenvalue weighted by molar-refractivity contribution is -0.136. The van der Waals surface area contributed by atoms with E-state index in [-0.39, 0.29) is 12.3 Å². The van der Waals surface area contributed by atoms with Gasteiger partial charge in [-0.25, -0.2) is 14.2 Å². The van der Waals surface area contributed by atoms with E-state index in [2.05, 4.69) is 16.8 Å². The maximum atomic E-state index is 15.0. The van der Waals surface area contributed by atoms with Crippen LogP contribution in [0.4, 0.5) is 4.39 Å².